The molecular formula is C10H12F2N2O4. The Morgan fingerprint density at radius 2 is 1.83 bits per heavy atom. The molecule has 18 heavy (non-hydrogen) atoms. The van der Waals surface area contributed by atoms with Gasteiger partial charge in [-0.15, -0.1) is 0 Å². The number of nitro groups is 1. The van der Waals surface area contributed by atoms with Gasteiger partial charge in [-0.3, -0.25) is 10.1 Å². The third-order valence-electron chi connectivity index (χ3n) is 2.21. The molecule has 0 bridgehead atoms. The number of hydrogen-bond donors (Lipinski definition) is 1. The molecule has 0 spiro atoms. The van der Waals surface area contributed by atoms with Crippen molar-refractivity contribution >= 4 is 11.4 Å². The first kappa shape index (κ1) is 14.3. The van der Waals surface area contributed by atoms with Gasteiger partial charge in [0.15, 0.2) is 17.9 Å². The summed E-state index contributed by atoms with van der Waals surface area (Å²) in [7, 11) is 2.75. The van der Waals surface area contributed by atoms with E-state index in [0.717, 1.165) is 0 Å². The standard InChI is InChI=1S/C10H12F2N2O4/c1-17-9(18-2)5-13-10-7(11)3-6(14(15)16)4-8(10)12/h3-4,9,13H,5H2,1-2H3. The number of nitrogens with one attached hydrogen (secondary N) is 1. The molecule has 0 unspecified atom stereocenters. The summed E-state index contributed by atoms with van der Waals surface area (Å²) < 4.78 is 36.5. The summed E-state index contributed by atoms with van der Waals surface area (Å²) in [6.45, 7) is -0.00134. The highest BCUT2D eigenvalue weighted by Gasteiger charge is 2.17. The zero-order chi connectivity index (χ0) is 13.7. The van der Waals surface area contributed by atoms with Gasteiger partial charge >= 0.3 is 0 Å². The van der Waals surface area contributed by atoms with Crippen LogP contribution in [-0.4, -0.2) is 32.0 Å². The van der Waals surface area contributed by atoms with E-state index in [2.05, 4.69) is 5.32 Å². The number of rotatable bonds is 6. The molecule has 0 aliphatic carbocycles. The van der Waals surface area contributed by atoms with Crippen LogP contribution < -0.4 is 5.32 Å². The number of nitrogens with zero attached hydrogens (tertiary/aromatic N) is 1. The van der Waals surface area contributed by atoms with Gasteiger partial charge in [0.25, 0.3) is 5.69 Å². The van der Waals surface area contributed by atoms with Crippen LogP contribution in [0.25, 0.3) is 0 Å². The third-order valence-corrected chi connectivity index (χ3v) is 2.21. The first-order valence-electron chi connectivity index (χ1n) is 4.92. The van der Waals surface area contributed by atoms with Gasteiger partial charge in [0.1, 0.15) is 5.69 Å². The molecule has 0 radical (unpaired) electrons. The van der Waals surface area contributed by atoms with Crippen molar-refractivity contribution in [3.63, 3.8) is 0 Å². The lowest BCUT2D eigenvalue weighted by atomic mass is 10.2. The molecule has 0 amide bonds. The largest absolute Gasteiger partial charge is 0.375 e. The van der Waals surface area contributed by atoms with Gasteiger partial charge in [0, 0.05) is 14.2 Å². The van der Waals surface area contributed by atoms with Crippen molar-refractivity contribution in [2.75, 3.05) is 26.1 Å². The van der Waals surface area contributed by atoms with Crippen LogP contribution >= 0.6 is 0 Å². The monoisotopic (exact) mass is 262 g/mol. The van der Waals surface area contributed by atoms with Crippen molar-refractivity contribution in [1.82, 2.24) is 0 Å². The fraction of sp³-hybridized carbons (Fsp3) is 0.400. The maximum Gasteiger partial charge on any atom is 0.275 e. The quantitative estimate of drug-likeness (QED) is 0.481. The zero-order valence-corrected chi connectivity index (χ0v) is 9.78. The highest BCUT2D eigenvalue weighted by atomic mass is 19.1. The number of nitro benzene ring substituents is 1. The number of ether oxygens (including phenoxy) is 2. The molecule has 0 heterocycles. The first-order valence-corrected chi connectivity index (χ1v) is 4.92. The average Bonchev–Trinajstić information content (AvgIpc) is 2.32. The Labute approximate surface area is 102 Å². The molecule has 1 N–H and O–H groups in total. The van der Waals surface area contributed by atoms with Crippen LogP contribution in [0.15, 0.2) is 12.1 Å². The van der Waals surface area contributed by atoms with Crippen molar-refractivity contribution in [1.29, 1.82) is 0 Å². The number of hydrogen-bond acceptors (Lipinski definition) is 5. The summed E-state index contributed by atoms with van der Waals surface area (Å²) in [5.74, 6) is -2.10. The Kier molecular flexibility index (Phi) is 4.93. The topological polar surface area (TPSA) is 73.6 Å². The van der Waals surface area contributed by atoms with Crippen molar-refractivity contribution < 1.29 is 23.2 Å². The summed E-state index contributed by atoms with van der Waals surface area (Å²) in [6, 6.07) is 1.28. The predicted molar refractivity (Wildman–Crippen MR) is 59.3 cm³/mol. The van der Waals surface area contributed by atoms with E-state index in [1.807, 2.05) is 0 Å². The third kappa shape index (κ3) is 3.34. The fourth-order valence-electron chi connectivity index (χ4n) is 1.28. The lowest BCUT2D eigenvalue weighted by molar-refractivity contribution is -0.385. The lowest BCUT2D eigenvalue weighted by Crippen LogP contribution is -2.24. The van der Waals surface area contributed by atoms with Gasteiger partial charge < -0.3 is 14.8 Å². The molecule has 1 rings (SSSR count). The van der Waals surface area contributed by atoms with Gasteiger partial charge in [-0.2, -0.15) is 0 Å². The number of methoxy groups -OCH3 is 2. The average molecular weight is 262 g/mol. The molecule has 0 aromatic heterocycles. The summed E-state index contributed by atoms with van der Waals surface area (Å²) in [5.41, 5.74) is -1.11. The second-order valence-corrected chi connectivity index (χ2v) is 3.32. The molecular weight excluding hydrogens is 250 g/mol. The molecule has 100 valence electrons. The molecule has 0 saturated heterocycles. The summed E-state index contributed by atoms with van der Waals surface area (Å²) in [6.07, 6.45) is -0.681. The lowest BCUT2D eigenvalue weighted by Gasteiger charge is -2.15. The van der Waals surface area contributed by atoms with Gasteiger partial charge in [-0.25, -0.2) is 8.78 Å². The number of benzene rings is 1. The Hall–Kier alpha value is -1.80. The van der Waals surface area contributed by atoms with E-state index < -0.39 is 34.2 Å². The SMILES string of the molecule is COC(CNc1c(F)cc([N+](=O)[O-])cc1F)OC. The second-order valence-electron chi connectivity index (χ2n) is 3.32. The Morgan fingerprint density at radius 3 is 2.22 bits per heavy atom. The zero-order valence-electron chi connectivity index (χ0n) is 9.78. The number of anilines is 1. The molecule has 0 fully saturated rings. The minimum Gasteiger partial charge on any atom is -0.375 e. The maximum absolute atomic E-state index is 13.4. The number of non-ortho nitro benzene ring substituents is 1. The minimum atomic E-state index is -1.05. The predicted octanol–water partition coefficient (Wildman–Crippen LogP) is 1.90. The molecule has 0 aliphatic rings. The van der Waals surface area contributed by atoms with Crippen LogP contribution in [0.3, 0.4) is 0 Å². The van der Waals surface area contributed by atoms with Crippen LogP contribution in [0, 0.1) is 21.7 Å². The van der Waals surface area contributed by atoms with Crippen LogP contribution in [0.1, 0.15) is 0 Å². The molecule has 0 atom stereocenters. The van der Waals surface area contributed by atoms with E-state index in [4.69, 9.17) is 9.47 Å². The Balaban J connectivity index is 2.87. The maximum atomic E-state index is 13.4. The van der Waals surface area contributed by atoms with Crippen molar-refractivity contribution in [3.8, 4) is 0 Å². The Morgan fingerprint density at radius 1 is 1.33 bits per heavy atom. The van der Waals surface area contributed by atoms with E-state index >= 15 is 0 Å². The number of halogens is 2. The van der Waals surface area contributed by atoms with Crippen LogP contribution in [0.2, 0.25) is 0 Å². The van der Waals surface area contributed by atoms with Crippen LogP contribution in [0.5, 0.6) is 0 Å². The van der Waals surface area contributed by atoms with E-state index in [1.54, 1.807) is 0 Å². The molecule has 1 aromatic carbocycles. The molecule has 8 heteroatoms. The van der Waals surface area contributed by atoms with Crippen molar-refractivity contribution in [2.45, 2.75) is 6.29 Å². The highest BCUT2D eigenvalue weighted by molar-refractivity contribution is 5.51. The summed E-state index contributed by atoms with van der Waals surface area (Å²) in [4.78, 5) is 9.52. The summed E-state index contributed by atoms with van der Waals surface area (Å²) in [5, 5.41) is 12.8. The minimum absolute atomic E-state index is 0.00134. The van der Waals surface area contributed by atoms with Crippen molar-refractivity contribution in [2.24, 2.45) is 0 Å². The van der Waals surface area contributed by atoms with Crippen LogP contribution in [0.4, 0.5) is 20.2 Å². The van der Waals surface area contributed by atoms with Gasteiger partial charge in [0.2, 0.25) is 0 Å². The molecule has 1 aromatic rings. The fourth-order valence-corrected chi connectivity index (χ4v) is 1.28. The Bertz CT molecular complexity index is 415. The summed E-state index contributed by atoms with van der Waals surface area (Å²) >= 11 is 0. The van der Waals surface area contributed by atoms with E-state index in [-0.39, 0.29) is 6.54 Å². The van der Waals surface area contributed by atoms with E-state index in [0.29, 0.717) is 12.1 Å². The first-order chi connectivity index (χ1) is 8.49. The molecule has 6 nitrogen and oxygen atoms in total. The van der Waals surface area contributed by atoms with Crippen LogP contribution in [-0.2, 0) is 9.47 Å². The van der Waals surface area contributed by atoms with E-state index in [9.17, 15) is 18.9 Å². The smallest absolute Gasteiger partial charge is 0.275 e. The van der Waals surface area contributed by atoms with E-state index in [1.165, 1.54) is 14.2 Å². The second kappa shape index (κ2) is 6.22. The van der Waals surface area contributed by atoms with Gasteiger partial charge in [-0.1, -0.05) is 0 Å². The highest BCUT2D eigenvalue weighted by Crippen LogP contribution is 2.24. The van der Waals surface area contributed by atoms with Crippen molar-refractivity contribution in [3.05, 3.63) is 33.9 Å². The normalized spacial score (nSPS) is 10.7. The van der Waals surface area contributed by atoms with Gasteiger partial charge in [0.05, 0.1) is 23.6 Å². The van der Waals surface area contributed by atoms with Gasteiger partial charge in [-0.05, 0) is 0 Å². The molecule has 0 saturated carbocycles. The molecule has 0 aliphatic heterocycles.